The summed E-state index contributed by atoms with van der Waals surface area (Å²) in [4.78, 5) is 12.7. The number of sulfonamides is 1. The van der Waals surface area contributed by atoms with E-state index in [-0.39, 0.29) is 16.8 Å². The van der Waals surface area contributed by atoms with Crippen molar-refractivity contribution in [3.8, 4) is 5.75 Å². The third-order valence-corrected chi connectivity index (χ3v) is 6.88. The van der Waals surface area contributed by atoms with Crippen LogP contribution in [-0.4, -0.2) is 48.4 Å². The van der Waals surface area contributed by atoms with Gasteiger partial charge in [-0.3, -0.25) is 9.10 Å². The van der Waals surface area contributed by atoms with Gasteiger partial charge in [-0.15, -0.1) is 0 Å². The molecular weight excluding hydrogens is 428 g/mol. The quantitative estimate of drug-likeness (QED) is 0.654. The molecule has 0 spiro atoms. The Labute approximate surface area is 177 Å². The molecule has 0 heterocycles. The maximum atomic E-state index is 12.4. The topological polar surface area (TPSA) is 110 Å². The number of amides is 1. The Morgan fingerprint density at radius 3 is 1.93 bits per heavy atom. The van der Waals surface area contributed by atoms with Crippen molar-refractivity contribution in [3.05, 3.63) is 54.1 Å². The Bertz CT molecular complexity index is 1090. The number of anilines is 1. The van der Waals surface area contributed by atoms with Crippen molar-refractivity contribution in [2.75, 3.05) is 23.9 Å². The molecule has 0 aliphatic carbocycles. The summed E-state index contributed by atoms with van der Waals surface area (Å²) in [5.74, 6) is 0.0838. The van der Waals surface area contributed by atoms with Crippen LogP contribution in [0.3, 0.4) is 0 Å². The SMILES string of the molecule is C[C@@H](Oc1ccc(N(C)S(C)(=O)=O)cc1)C(=O)N[C@H](C)c1ccc(S(C)(=O)=O)cc1. The van der Waals surface area contributed by atoms with Gasteiger partial charge in [0.2, 0.25) is 10.0 Å². The number of nitrogens with one attached hydrogen (secondary N) is 1. The predicted molar refractivity (Wildman–Crippen MR) is 116 cm³/mol. The van der Waals surface area contributed by atoms with Crippen LogP contribution in [-0.2, 0) is 24.7 Å². The zero-order chi connectivity index (χ0) is 22.7. The third-order valence-electron chi connectivity index (χ3n) is 4.55. The fourth-order valence-corrected chi connectivity index (χ4v) is 3.74. The number of nitrogens with zero attached hydrogens (tertiary/aromatic N) is 1. The van der Waals surface area contributed by atoms with E-state index in [0.29, 0.717) is 11.4 Å². The van der Waals surface area contributed by atoms with Crippen molar-refractivity contribution >= 4 is 31.5 Å². The summed E-state index contributed by atoms with van der Waals surface area (Å²) >= 11 is 0. The Hall–Kier alpha value is -2.59. The van der Waals surface area contributed by atoms with Gasteiger partial charge < -0.3 is 10.1 Å². The third kappa shape index (κ3) is 6.20. The van der Waals surface area contributed by atoms with E-state index < -0.39 is 26.0 Å². The van der Waals surface area contributed by atoms with Crippen molar-refractivity contribution in [2.45, 2.75) is 30.9 Å². The summed E-state index contributed by atoms with van der Waals surface area (Å²) in [6, 6.07) is 12.3. The van der Waals surface area contributed by atoms with E-state index in [2.05, 4.69) is 5.32 Å². The second-order valence-electron chi connectivity index (χ2n) is 7.06. The van der Waals surface area contributed by atoms with E-state index in [9.17, 15) is 21.6 Å². The summed E-state index contributed by atoms with van der Waals surface area (Å²) in [5.41, 5.74) is 1.24. The number of hydrogen-bond donors (Lipinski definition) is 1. The average Bonchev–Trinajstić information content (AvgIpc) is 2.66. The summed E-state index contributed by atoms with van der Waals surface area (Å²) in [6.45, 7) is 3.39. The Balaban J connectivity index is 1.99. The monoisotopic (exact) mass is 454 g/mol. The van der Waals surface area contributed by atoms with E-state index in [1.807, 2.05) is 0 Å². The molecule has 0 saturated heterocycles. The van der Waals surface area contributed by atoms with Gasteiger partial charge in [0.05, 0.1) is 22.9 Å². The second kappa shape index (κ2) is 9.05. The molecule has 0 aromatic heterocycles. The lowest BCUT2D eigenvalue weighted by atomic mass is 10.1. The molecule has 2 aromatic carbocycles. The maximum absolute atomic E-state index is 12.4. The van der Waals surface area contributed by atoms with Crippen LogP contribution >= 0.6 is 0 Å². The smallest absolute Gasteiger partial charge is 0.261 e. The number of carbonyl (C=O) groups is 1. The molecule has 0 bridgehead atoms. The molecular formula is C20H26N2O6S2. The number of benzene rings is 2. The van der Waals surface area contributed by atoms with Crippen LogP contribution in [0.2, 0.25) is 0 Å². The zero-order valence-electron chi connectivity index (χ0n) is 17.5. The van der Waals surface area contributed by atoms with Crippen LogP contribution in [0.5, 0.6) is 5.75 Å². The van der Waals surface area contributed by atoms with Crippen LogP contribution < -0.4 is 14.4 Å². The first kappa shape index (κ1) is 23.7. The van der Waals surface area contributed by atoms with Gasteiger partial charge in [0.1, 0.15) is 5.75 Å². The maximum Gasteiger partial charge on any atom is 0.261 e. The number of hydrogen-bond acceptors (Lipinski definition) is 6. The van der Waals surface area contributed by atoms with Gasteiger partial charge in [-0.05, 0) is 55.8 Å². The van der Waals surface area contributed by atoms with Crippen LogP contribution in [0.15, 0.2) is 53.4 Å². The molecule has 164 valence electrons. The van der Waals surface area contributed by atoms with Crippen molar-refractivity contribution in [1.82, 2.24) is 5.32 Å². The first-order chi connectivity index (χ1) is 13.8. The minimum absolute atomic E-state index is 0.214. The van der Waals surface area contributed by atoms with Crippen molar-refractivity contribution in [1.29, 1.82) is 0 Å². The normalized spacial score (nSPS) is 13.9. The Morgan fingerprint density at radius 2 is 1.47 bits per heavy atom. The number of rotatable bonds is 8. The Morgan fingerprint density at radius 1 is 0.933 bits per heavy atom. The molecule has 0 aliphatic rings. The highest BCUT2D eigenvalue weighted by Crippen LogP contribution is 2.21. The lowest BCUT2D eigenvalue weighted by Crippen LogP contribution is -2.37. The number of ether oxygens (including phenoxy) is 1. The van der Waals surface area contributed by atoms with Crippen molar-refractivity contribution in [3.63, 3.8) is 0 Å². The van der Waals surface area contributed by atoms with Gasteiger partial charge >= 0.3 is 0 Å². The zero-order valence-corrected chi connectivity index (χ0v) is 19.1. The van der Waals surface area contributed by atoms with Gasteiger partial charge in [-0.1, -0.05) is 12.1 Å². The van der Waals surface area contributed by atoms with Gasteiger partial charge in [0.15, 0.2) is 15.9 Å². The molecule has 2 aromatic rings. The van der Waals surface area contributed by atoms with E-state index in [4.69, 9.17) is 4.74 Å². The van der Waals surface area contributed by atoms with Crippen molar-refractivity contribution < 1.29 is 26.4 Å². The summed E-state index contributed by atoms with van der Waals surface area (Å²) in [6.07, 6.45) is 1.46. The van der Waals surface area contributed by atoms with Gasteiger partial charge in [-0.25, -0.2) is 16.8 Å². The van der Waals surface area contributed by atoms with E-state index >= 15 is 0 Å². The van der Waals surface area contributed by atoms with Gasteiger partial charge in [-0.2, -0.15) is 0 Å². The predicted octanol–water partition coefficient (Wildman–Crippen LogP) is 2.13. The highest BCUT2D eigenvalue weighted by atomic mass is 32.2. The highest BCUT2D eigenvalue weighted by molar-refractivity contribution is 7.92. The molecule has 2 atom stereocenters. The first-order valence-electron chi connectivity index (χ1n) is 9.10. The molecule has 8 nitrogen and oxygen atoms in total. The average molecular weight is 455 g/mol. The lowest BCUT2D eigenvalue weighted by Gasteiger charge is -2.20. The molecule has 30 heavy (non-hydrogen) atoms. The fourth-order valence-electron chi connectivity index (χ4n) is 2.60. The van der Waals surface area contributed by atoms with E-state index in [1.54, 1.807) is 50.2 Å². The van der Waals surface area contributed by atoms with E-state index in [0.717, 1.165) is 22.4 Å². The van der Waals surface area contributed by atoms with Gasteiger partial charge in [0, 0.05) is 13.3 Å². The molecule has 0 aliphatic heterocycles. The molecule has 0 fully saturated rings. The van der Waals surface area contributed by atoms with Crippen LogP contribution in [0.25, 0.3) is 0 Å². The van der Waals surface area contributed by atoms with E-state index in [1.165, 1.54) is 19.2 Å². The van der Waals surface area contributed by atoms with Crippen LogP contribution in [0.1, 0.15) is 25.5 Å². The Kier molecular flexibility index (Phi) is 7.14. The first-order valence-corrected chi connectivity index (χ1v) is 12.8. The molecule has 10 heteroatoms. The minimum atomic E-state index is -3.36. The molecule has 2 rings (SSSR count). The molecule has 0 radical (unpaired) electrons. The van der Waals surface area contributed by atoms with Crippen molar-refractivity contribution in [2.24, 2.45) is 0 Å². The second-order valence-corrected chi connectivity index (χ2v) is 11.1. The molecule has 0 saturated carbocycles. The standard InChI is InChI=1S/C20H26N2O6S2/c1-14(16-6-12-19(13-7-16)29(4,24)25)21-20(23)15(2)28-18-10-8-17(9-11-18)22(3)30(5,26)27/h6-15H,1-5H3,(H,21,23)/t14-,15-/m1/s1. The fraction of sp³-hybridized carbons (Fsp3) is 0.350. The highest BCUT2D eigenvalue weighted by Gasteiger charge is 2.19. The molecule has 1 amide bonds. The summed E-state index contributed by atoms with van der Waals surface area (Å²) in [5, 5.41) is 2.82. The molecule has 0 unspecified atom stereocenters. The summed E-state index contributed by atoms with van der Waals surface area (Å²) < 4.78 is 53.0. The number of sulfone groups is 1. The lowest BCUT2D eigenvalue weighted by molar-refractivity contribution is -0.127. The van der Waals surface area contributed by atoms with Gasteiger partial charge in [0.25, 0.3) is 5.91 Å². The largest absolute Gasteiger partial charge is 0.481 e. The van der Waals surface area contributed by atoms with Crippen LogP contribution in [0.4, 0.5) is 5.69 Å². The summed E-state index contributed by atoms with van der Waals surface area (Å²) in [7, 11) is -5.19. The number of carbonyl (C=O) groups excluding carboxylic acids is 1. The molecule has 1 N–H and O–H groups in total. The van der Waals surface area contributed by atoms with Crippen LogP contribution in [0, 0.1) is 0 Å². The minimum Gasteiger partial charge on any atom is -0.481 e.